The van der Waals surface area contributed by atoms with E-state index in [-0.39, 0.29) is 11.6 Å². The van der Waals surface area contributed by atoms with Gasteiger partial charge in [0.2, 0.25) is 0 Å². The first kappa shape index (κ1) is 21.9. The molecule has 0 amide bonds. The number of ketones is 2. The molecule has 1 aromatic carbocycles. The summed E-state index contributed by atoms with van der Waals surface area (Å²) in [4.78, 5) is 27.8. The molecule has 146 valence electrons. The molecular weight excluding hydrogens is 380 g/mol. The Hall–Kier alpha value is -1.36. The summed E-state index contributed by atoms with van der Waals surface area (Å²) in [6.45, 7) is 15.0. The third-order valence-corrected chi connectivity index (χ3v) is 6.42. The van der Waals surface area contributed by atoms with Gasteiger partial charge in [0.1, 0.15) is 17.1 Å². The van der Waals surface area contributed by atoms with Crippen LogP contribution in [-0.2, 0) is 14.3 Å². The minimum Gasteiger partial charge on any atom is -0.354 e. The van der Waals surface area contributed by atoms with Gasteiger partial charge in [-0.3, -0.25) is 9.59 Å². The number of allylic oxidation sites excluding steroid dienone is 2. The maximum Gasteiger partial charge on any atom is 0.178 e. The molecule has 0 radical (unpaired) electrons. The van der Waals surface area contributed by atoms with Gasteiger partial charge in [0.05, 0.1) is 0 Å². The van der Waals surface area contributed by atoms with Gasteiger partial charge >= 0.3 is 0 Å². The predicted octanol–water partition coefficient (Wildman–Crippen LogP) is 6.07. The normalized spacial score (nSPS) is 20.4. The van der Waals surface area contributed by atoms with E-state index in [4.69, 9.17) is 16.3 Å². The summed E-state index contributed by atoms with van der Waals surface area (Å²) in [7, 11) is 0. The Morgan fingerprint density at radius 1 is 1.11 bits per heavy atom. The number of benzene rings is 1. The summed E-state index contributed by atoms with van der Waals surface area (Å²) in [6, 6.07) is 7.47. The van der Waals surface area contributed by atoms with Crippen molar-refractivity contribution in [3.05, 3.63) is 51.9 Å². The van der Waals surface area contributed by atoms with Gasteiger partial charge < -0.3 is 4.74 Å². The van der Waals surface area contributed by atoms with Gasteiger partial charge in [0.25, 0.3) is 0 Å². The smallest absolute Gasteiger partial charge is 0.178 e. The van der Waals surface area contributed by atoms with Gasteiger partial charge in [0.15, 0.2) is 11.6 Å². The Labute approximate surface area is 171 Å². The molecule has 0 saturated carbocycles. The Balaban J connectivity index is 2.39. The van der Waals surface area contributed by atoms with E-state index < -0.39 is 17.1 Å². The Morgan fingerprint density at radius 3 is 2.04 bits per heavy atom. The first-order valence-corrected chi connectivity index (χ1v) is 10.2. The second kappa shape index (κ2) is 7.94. The molecule has 0 atom stereocenters. The lowest BCUT2D eigenvalue weighted by Gasteiger charge is -2.43. The van der Waals surface area contributed by atoms with Crippen molar-refractivity contribution in [2.24, 2.45) is 5.92 Å². The van der Waals surface area contributed by atoms with Crippen LogP contribution in [0, 0.1) is 5.92 Å². The minimum absolute atomic E-state index is 0.187. The first-order valence-electron chi connectivity index (χ1n) is 9.02. The highest BCUT2D eigenvalue weighted by Crippen LogP contribution is 2.42. The van der Waals surface area contributed by atoms with Gasteiger partial charge in [-0.25, -0.2) is 0 Å². The number of carbonyl (C=O) groups excluding carboxylic acids is 2. The second-order valence-electron chi connectivity index (χ2n) is 7.78. The Bertz CT molecular complexity index is 777. The predicted molar refractivity (Wildman–Crippen MR) is 114 cm³/mol. The number of carbonyl (C=O) groups is 2. The zero-order chi connectivity index (χ0) is 20.6. The Morgan fingerprint density at radius 2 is 1.59 bits per heavy atom. The molecule has 2 rings (SSSR count). The number of hydrogen-bond donors (Lipinski definition) is 0. The number of rotatable bonds is 5. The summed E-state index contributed by atoms with van der Waals surface area (Å²) in [5.41, 5.74) is -0.245. The van der Waals surface area contributed by atoms with Crippen molar-refractivity contribution < 1.29 is 14.3 Å². The van der Waals surface area contributed by atoms with Gasteiger partial charge in [-0.15, -0.1) is 0 Å². The molecule has 0 bridgehead atoms. The largest absolute Gasteiger partial charge is 0.354 e. The van der Waals surface area contributed by atoms with Crippen molar-refractivity contribution >= 4 is 39.8 Å². The SMILES string of the molecule is C=C(S/C(CC)=C(\C)C1C(=O)C(C)(C)OC(C)(C)C1=O)c1ccc(Cl)cc1. The molecule has 5 heteroatoms. The van der Waals surface area contributed by atoms with E-state index in [1.54, 1.807) is 27.7 Å². The molecule has 1 saturated heterocycles. The number of hydrogen-bond acceptors (Lipinski definition) is 4. The van der Waals surface area contributed by atoms with Crippen molar-refractivity contribution in [3.8, 4) is 0 Å². The molecule has 1 heterocycles. The lowest BCUT2D eigenvalue weighted by atomic mass is 9.75. The van der Waals surface area contributed by atoms with Crippen LogP contribution in [0.5, 0.6) is 0 Å². The molecule has 0 aromatic heterocycles. The molecule has 1 aromatic rings. The zero-order valence-electron chi connectivity index (χ0n) is 16.8. The van der Waals surface area contributed by atoms with Crippen LogP contribution in [0.3, 0.4) is 0 Å². The van der Waals surface area contributed by atoms with Gasteiger partial charge in [0, 0.05) is 9.93 Å². The number of halogens is 1. The van der Waals surface area contributed by atoms with E-state index in [0.29, 0.717) is 11.4 Å². The molecule has 27 heavy (non-hydrogen) atoms. The molecule has 1 aliphatic rings. The van der Waals surface area contributed by atoms with Gasteiger partial charge in [-0.05, 0) is 69.2 Å². The van der Waals surface area contributed by atoms with Crippen molar-refractivity contribution in [2.75, 3.05) is 0 Å². The van der Waals surface area contributed by atoms with Crippen molar-refractivity contribution in [2.45, 2.75) is 59.2 Å². The molecule has 0 unspecified atom stereocenters. The average Bonchev–Trinajstić information content (AvgIpc) is 2.57. The monoisotopic (exact) mass is 406 g/mol. The lowest BCUT2D eigenvalue weighted by molar-refractivity contribution is -0.187. The molecule has 1 aliphatic heterocycles. The maximum atomic E-state index is 13.0. The number of Topliss-reactive ketones (excluding diaryl/α,β-unsaturated/α-hetero) is 2. The summed E-state index contributed by atoms with van der Waals surface area (Å²) in [5.74, 6) is -1.16. The summed E-state index contributed by atoms with van der Waals surface area (Å²) in [5, 5.41) is 0.668. The van der Waals surface area contributed by atoms with E-state index >= 15 is 0 Å². The van der Waals surface area contributed by atoms with Crippen molar-refractivity contribution in [1.82, 2.24) is 0 Å². The van der Waals surface area contributed by atoms with Gasteiger partial charge in [-0.2, -0.15) is 0 Å². The molecule has 0 spiro atoms. The fourth-order valence-electron chi connectivity index (χ4n) is 3.38. The maximum absolute atomic E-state index is 13.0. The lowest BCUT2D eigenvalue weighted by Crippen LogP contribution is -2.59. The van der Waals surface area contributed by atoms with Crippen LogP contribution in [0.15, 0.2) is 41.3 Å². The van der Waals surface area contributed by atoms with Gasteiger partial charge in [-0.1, -0.05) is 49.0 Å². The molecule has 0 aliphatic carbocycles. The molecule has 0 N–H and O–H groups in total. The van der Waals surface area contributed by atoms with E-state index in [1.165, 1.54) is 11.8 Å². The van der Waals surface area contributed by atoms with E-state index in [1.807, 2.05) is 38.1 Å². The summed E-state index contributed by atoms with van der Waals surface area (Å²) < 4.78 is 5.78. The van der Waals surface area contributed by atoms with Crippen LogP contribution in [0.4, 0.5) is 0 Å². The van der Waals surface area contributed by atoms with Crippen LogP contribution >= 0.6 is 23.4 Å². The molecule has 1 fully saturated rings. The van der Waals surface area contributed by atoms with Crippen molar-refractivity contribution in [1.29, 1.82) is 0 Å². The van der Waals surface area contributed by atoms with E-state index in [2.05, 4.69) is 6.58 Å². The zero-order valence-corrected chi connectivity index (χ0v) is 18.4. The quantitative estimate of drug-likeness (QED) is 0.556. The van der Waals surface area contributed by atoms with Crippen molar-refractivity contribution in [3.63, 3.8) is 0 Å². The third kappa shape index (κ3) is 4.56. The number of thioether (sulfide) groups is 1. The average molecular weight is 407 g/mol. The summed E-state index contributed by atoms with van der Waals surface area (Å²) >= 11 is 7.46. The standard InChI is InChI=1S/C22H27ClO3S/c1-8-17(27-14(3)15-9-11-16(23)12-10-15)13(2)18-19(24)21(4,5)26-22(6,7)20(18)25/h9-12,18H,3,8H2,1-2,4-7H3/b17-13+. The Kier molecular flexibility index (Phi) is 6.45. The minimum atomic E-state index is -1.000. The highest BCUT2D eigenvalue weighted by Gasteiger charge is 2.53. The second-order valence-corrected chi connectivity index (χ2v) is 9.40. The fraction of sp³-hybridized carbons (Fsp3) is 0.455. The summed E-state index contributed by atoms with van der Waals surface area (Å²) in [6.07, 6.45) is 0.710. The van der Waals surface area contributed by atoms with Crippen LogP contribution in [0.1, 0.15) is 53.5 Å². The van der Waals surface area contributed by atoms with Crippen LogP contribution in [-0.4, -0.2) is 22.8 Å². The van der Waals surface area contributed by atoms with E-state index in [0.717, 1.165) is 20.9 Å². The highest BCUT2D eigenvalue weighted by atomic mass is 35.5. The highest BCUT2D eigenvalue weighted by molar-refractivity contribution is 8.11. The first-order chi connectivity index (χ1) is 12.4. The van der Waals surface area contributed by atoms with Crippen LogP contribution in [0.2, 0.25) is 5.02 Å². The molecule has 3 nitrogen and oxygen atoms in total. The van der Waals surface area contributed by atoms with E-state index in [9.17, 15) is 9.59 Å². The fourth-order valence-corrected chi connectivity index (χ4v) is 4.48. The van der Waals surface area contributed by atoms with Crippen LogP contribution in [0.25, 0.3) is 4.91 Å². The number of ether oxygens (including phenoxy) is 1. The topological polar surface area (TPSA) is 43.4 Å². The third-order valence-electron chi connectivity index (χ3n) is 4.83. The molecular formula is C22H27ClO3S. The van der Waals surface area contributed by atoms with Crippen LogP contribution < -0.4 is 0 Å².